The van der Waals surface area contributed by atoms with Gasteiger partial charge in [0.25, 0.3) is 5.91 Å². The van der Waals surface area contributed by atoms with E-state index in [1.807, 2.05) is 6.92 Å². The Morgan fingerprint density at radius 3 is 3.00 bits per heavy atom. The molecule has 0 unspecified atom stereocenters. The largest absolute Gasteiger partial charge is 0.383 e. The van der Waals surface area contributed by atoms with Crippen molar-refractivity contribution in [3.8, 4) is 0 Å². The summed E-state index contributed by atoms with van der Waals surface area (Å²) < 4.78 is 4.97. The van der Waals surface area contributed by atoms with Crippen LogP contribution >= 0.6 is 0 Å². The first-order valence-corrected chi connectivity index (χ1v) is 6.03. The van der Waals surface area contributed by atoms with Crippen molar-refractivity contribution in [3.05, 3.63) is 24.3 Å². The molecule has 0 fully saturated rings. The van der Waals surface area contributed by atoms with Crippen molar-refractivity contribution >= 4 is 5.91 Å². The van der Waals surface area contributed by atoms with Gasteiger partial charge in [-0.1, -0.05) is 13.0 Å². The van der Waals surface area contributed by atoms with Crippen molar-refractivity contribution in [2.75, 3.05) is 26.8 Å². The molecule has 1 rings (SSSR count). The van der Waals surface area contributed by atoms with Crippen molar-refractivity contribution in [2.24, 2.45) is 0 Å². The van der Waals surface area contributed by atoms with Crippen molar-refractivity contribution in [1.29, 1.82) is 0 Å². The fourth-order valence-corrected chi connectivity index (χ4v) is 1.51. The van der Waals surface area contributed by atoms with Crippen LogP contribution in [0.25, 0.3) is 0 Å². The number of carbonyl (C=O) groups is 1. The van der Waals surface area contributed by atoms with E-state index >= 15 is 0 Å². The first-order valence-electron chi connectivity index (χ1n) is 6.03. The van der Waals surface area contributed by atoms with E-state index in [1.54, 1.807) is 18.1 Å². The van der Waals surface area contributed by atoms with Gasteiger partial charge in [0.2, 0.25) is 5.82 Å². The van der Waals surface area contributed by atoms with Crippen LogP contribution in [0, 0.1) is 0 Å². The lowest BCUT2D eigenvalue weighted by molar-refractivity contribution is 0.0706. The van der Waals surface area contributed by atoms with E-state index in [1.165, 1.54) is 0 Å². The molecular weight excluding hydrogens is 232 g/mol. The van der Waals surface area contributed by atoms with Gasteiger partial charge in [-0.3, -0.25) is 9.89 Å². The minimum atomic E-state index is -0.203. The lowest BCUT2D eigenvalue weighted by Crippen LogP contribution is -2.34. The molecule has 6 nitrogen and oxygen atoms in total. The zero-order chi connectivity index (χ0) is 13.4. The SMILES string of the molecule is C=CCN(CCOC)C(=O)c1n[nH]c(CCC)n1. The predicted octanol–water partition coefficient (Wildman–Crippen LogP) is 1.03. The summed E-state index contributed by atoms with van der Waals surface area (Å²) in [6, 6.07) is 0. The summed E-state index contributed by atoms with van der Waals surface area (Å²) in [5, 5.41) is 6.72. The second kappa shape index (κ2) is 7.60. The molecule has 1 aromatic heterocycles. The molecule has 1 N–H and O–H groups in total. The standard InChI is InChI=1S/C12H20N4O2/c1-4-6-10-13-11(15-14-10)12(17)16(7-5-2)8-9-18-3/h5H,2,4,6-9H2,1,3H3,(H,13,14,15). The maximum absolute atomic E-state index is 12.1. The van der Waals surface area contributed by atoms with Crippen LogP contribution in [0.5, 0.6) is 0 Å². The highest BCUT2D eigenvalue weighted by molar-refractivity contribution is 5.90. The van der Waals surface area contributed by atoms with Gasteiger partial charge in [-0.15, -0.1) is 11.7 Å². The van der Waals surface area contributed by atoms with Crippen molar-refractivity contribution in [3.63, 3.8) is 0 Å². The Kier molecular flexibility index (Phi) is 6.07. The van der Waals surface area contributed by atoms with Crippen molar-refractivity contribution in [1.82, 2.24) is 20.1 Å². The fraction of sp³-hybridized carbons (Fsp3) is 0.583. The molecule has 1 amide bonds. The maximum Gasteiger partial charge on any atom is 0.293 e. The Morgan fingerprint density at radius 2 is 2.39 bits per heavy atom. The number of aromatic amines is 1. The van der Waals surface area contributed by atoms with Crippen LogP contribution in [0.3, 0.4) is 0 Å². The van der Waals surface area contributed by atoms with Gasteiger partial charge in [0.15, 0.2) is 0 Å². The highest BCUT2D eigenvalue weighted by atomic mass is 16.5. The van der Waals surface area contributed by atoms with Gasteiger partial charge in [-0.2, -0.15) is 0 Å². The normalized spacial score (nSPS) is 10.3. The van der Waals surface area contributed by atoms with E-state index in [0.717, 1.165) is 18.7 Å². The van der Waals surface area contributed by atoms with E-state index in [0.29, 0.717) is 19.7 Å². The Bertz CT molecular complexity index is 389. The fourth-order valence-electron chi connectivity index (χ4n) is 1.51. The molecule has 0 bridgehead atoms. The number of rotatable bonds is 8. The monoisotopic (exact) mass is 252 g/mol. The van der Waals surface area contributed by atoms with Gasteiger partial charge in [-0.05, 0) is 6.42 Å². The second-order valence-corrected chi connectivity index (χ2v) is 3.89. The molecule has 1 aromatic rings. The van der Waals surface area contributed by atoms with E-state index in [4.69, 9.17) is 4.74 Å². The van der Waals surface area contributed by atoms with Gasteiger partial charge in [-0.25, -0.2) is 4.98 Å². The summed E-state index contributed by atoms with van der Waals surface area (Å²) in [6.07, 6.45) is 3.43. The van der Waals surface area contributed by atoms with E-state index in [9.17, 15) is 4.79 Å². The third kappa shape index (κ3) is 3.96. The number of H-pyrrole nitrogens is 1. The number of amides is 1. The van der Waals surface area contributed by atoms with Crippen LogP contribution in [0.1, 0.15) is 29.8 Å². The molecule has 0 radical (unpaired) electrons. The number of ether oxygens (including phenoxy) is 1. The minimum absolute atomic E-state index is 0.203. The van der Waals surface area contributed by atoms with Crippen LogP contribution < -0.4 is 0 Å². The number of nitrogens with zero attached hydrogens (tertiary/aromatic N) is 3. The molecule has 0 aliphatic rings. The molecule has 0 aliphatic heterocycles. The van der Waals surface area contributed by atoms with Gasteiger partial charge in [0, 0.05) is 26.6 Å². The molecule has 100 valence electrons. The van der Waals surface area contributed by atoms with Crippen molar-refractivity contribution in [2.45, 2.75) is 19.8 Å². The van der Waals surface area contributed by atoms with Crippen molar-refractivity contribution < 1.29 is 9.53 Å². The summed E-state index contributed by atoms with van der Waals surface area (Å²) in [5.41, 5.74) is 0. The number of aryl methyl sites for hydroxylation is 1. The Hall–Kier alpha value is -1.69. The highest BCUT2D eigenvalue weighted by Gasteiger charge is 2.18. The summed E-state index contributed by atoms with van der Waals surface area (Å²) in [5.74, 6) is 0.744. The zero-order valence-electron chi connectivity index (χ0n) is 11.0. The van der Waals surface area contributed by atoms with Crippen LogP contribution in [-0.4, -0.2) is 52.8 Å². The summed E-state index contributed by atoms with van der Waals surface area (Å²) in [6.45, 7) is 7.12. The molecular formula is C12H20N4O2. The average molecular weight is 252 g/mol. The van der Waals surface area contributed by atoms with Crippen LogP contribution in [0.4, 0.5) is 0 Å². The Balaban J connectivity index is 2.70. The lowest BCUT2D eigenvalue weighted by atomic mass is 10.3. The van der Waals surface area contributed by atoms with Gasteiger partial charge >= 0.3 is 0 Å². The smallest absolute Gasteiger partial charge is 0.293 e. The number of nitrogens with one attached hydrogen (secondary N) is 1. The van der Waals surface area contributed by atoms with E-state index < -0.39 is 0 Å². The second-order valence-electron chi connectivity index (χ2n) is 3.89. The average Bonchev–Trinajstić information content (AvgIpc) is 2.83. The van der Waals surface area contributed by atoms with E-state index in [2.05, 4.69) is 21.8 Å². The molecule has 1 heterocycles. The van der Waals surface area contributed by atoms with E-state index in [-0.39, 0.29) is 11.7 Å². The highest BCUT2D eigenvalue weighted by Crippen LogP contribution is 2.02. The lowest BCUT2D eigenvalue weighted by Gasteiger charge is -2.18. The van der Waals surface area contributed by atoms with Gasteiger partial charge in [0.1, 0.15) is 5.82 Å². The third-order valence-corrected chi connectivity index (χ3v) is 2.41. The first kappa shape index (κ1) is 14.4. The Labute approximate surface area is 107 Å². The van der Waals surface area contributed by atoms with Gasteiger partial charge in [0.05, 0.1) is 6.61 Å². The molecule has 0 spiro atoms. The first-order chi connectivity index (χ1) is 8.72. The summed E-state index contributed by atoms with van der Waals surface area (Å²) in [4.78, 5) is 17.9. The maximum atomic E-state index is 12.1. The third-order valence-electron chi connectivity index (χ3n) is 2.41. The molecule has 0 atom stereocenters. The molecule has 0 aromatic carbocycles. The van der Waals surface area contributed by atoms with Crippen LogP contribution in [-0.2, 0) is 11.2 Å². The molecule has 6 heteroatoms. The summed E-state index contributed by atoms with van der Waals surface area (Å²) in [7, 11) is 1.60. The number of hydrogen-bond donors (Lipinski definition) is 1. The number of carbonyl (C=O) groups excluding carboxylic acids is 1. The topological polar surface area (TPSA) is 71.1 Å². The molecule has 0 saturated carbocycles. The van der Waals surface area contributed by atoms with Crippen LogP contribution in [0.2, 0.25) is 0 Å². The quantitative estimate of drug-likeness (QED) is 0.701. The predicted molar refractivity (Wildman–Crippen MR) is 68.4 cm³/mol. The number of methoxy groups -OCH3 is 1. The number of hydrogen-bond acceptors (Lipinski definition) is 4. The molecule has 0 aliphatic carbocycles. The minimum Gasteiger partial charge on any atom is -0.383 e. The molecule has 0 saturated heterocycles. The van der Waals surface area contributed by atoms with Crippen LogP contribution in [0.15, 0.2) is 12.7 Å². The summed E-state index contributed by atoms with van der Waals surface area (Å²) >= 11 is 0. The Morgan fingerprint density at radius 1 is 1.61 bits per heavy atom. The number of aromatic nitrogens is 3. The zero-order valence-corrected chi connectivity index (χ0v) is 11.0. The molecule has 18 heavy (non-hydrogen) atoms. The van der Waals surface area contributed by atoms with Gasteiger partial charge < -0.3 is 9.64 Å².